The van der Waals surface area contributed by atoms with Gasteiger partial charge in [0.15, 0.2) is 5.90 Å². The smallest absolute Gasteiger partial charge is 0.197 e. The van der Waals surface area contributed by atoms with E-state index in [-0.39, 0.29) is 0 Å². The van der Waals surface area contributed by atoms with Gasteiger partial charge in [0.05, 0.1) is 7.11 Å². The second-order valence-corrected chi connectivity index (χ2v) is 0.977. The van der Waals surface area contributed by atoms with Gasteiger partial charge in [0, 0.05) is 18.7 Å². The predicted octanol–water partition coefficient (Wildman–Crippen LogP) is 1.20. The average Bonchev–Trinajstić information content (AvgIpc) is 1.65. The molecular weight excluding hydrogens is 101 g/mol. The zero-order chi connectivity index (χ0) is 4.99. The van der Waals surface area contributed by atoms with Crippen molar-refractivity contribution in [2.24, 2.45) is 4.51 Å². The Hall–Kier alpha value is -0.240. The Morgan fingerprint density at radius 3 is 2.33 bits per heavy atom. The van der Waals surface area contributed by atoms with Crippen molar-refractivity contribution < 1.29 is 4.74 Å². The molecule has 0 bridgehead atoms. The van der Waals surface area contributed by atoms with Crippen molar-refractivity contribution in [2.45, 2.75) is 6.92 Å². The van der Waals surface area contributed by atoms with E-state index in [1.165, 1.54) is 7.11 Å². The van der Waals surface area contributed by atoms with Crippen molar-refractivity contribution in [1.29, 1.82) is 0 Å². The van der Waals surface area contributed by atoms with Gasteiger partial charge in [-0.15, -0.1) is 4.51 Å². The summed E-state index contributed by atoms with van der Waals surface area (Å²) in [5.41, 5.74) is 0. The highest BCUT2D eigenvalue weighted by Crippen LogP contribution is 1.79. The van der Waals surface area contributed by atoms with E-state index in [9.17, 15) is 0 Å². The summed E-state index contributed by atoms with van der Waals surface area (Å²) in [4.78, 5) is 0. The van der Waals surface area contributed by atoms with E-state index in [0.29, 0.717) is 5.90 Å². The Kier molecular flexibility index (Phi) is 2.85. The van der Waals surface area contributed by atoms with Crippen LogP contribution in [-0.4, -0.2) is 13.0 Å². The summed E-state index contributed by atoms with van der Waals surface area (Å²) in [6, 6.07) is 0. The van der Waals surface area contributed by atoms with Crippen LogP contribution in [0.4, 0.5) is 0 Å². The minimum absolute atomic E-state index is 0.483. The lowest BCUT2D eigenvalue weighted by molar-refractivity contribution is 0.401. The van der Waals surface area contributed by atoms with Crippen molar-refractivity contribution in [3.05, 3.63) is 0 Å². The van der Waals surface area contributed by atoms with Gasteiger partial charge in [0.25, 0.3) is 0 Å². The largest absolute Gasteiger partial charge is 0.484 e. The second kappa shape index (κ2) is 2.97. The van der Waals surface area contributed by atoms with E-state index in [2.05, 4.69) is 9.25 Å². The van der Waals surface area contributed by atoms with Gasteiger partial charge in [-0.3, -0.25) is 0 Å². The molecule has 0 saturated heterocycles. The first-order chi connectivity index (χ1) is 2.81. The number of hydrogen-bond donors (Lipinski definition) is 0. The highest BCUT2D eigenvalue weighted by molar-refractivity contribution is 6.18. The fourth-order valence-electron chi connectivity index (χ4n) is 0.0345. The minimum atomic E-state index is 0.483. The molecule has 0 unspecified atom stereocenters. The Labute approximate surface area is 41.9 Å². The number of halogens is 1. The van der Waals surface area contributed by atoms with E-state index < -0.39 is 0 Å². The molecule has 3 heteroatoms. The normalized spacial score (nSPS) is 11.5. The third kappa shape index (κ3) is 2.03. The summed E-state index contributed by atoms with van der Waals surface area (Å²) < 4.78 is 7.69. The molecule has 0 aromatic carbocycles. The maximum absolute atomic E-state index is 4.92. The van der Waals surface area contributed by atoms with Gasteiger partial charge < -0.3 is 4.74 Å². The average molecular weight is 108 g/mol. The zero-order valence-electron chi connectivity index (χ0n) is 3.73. The molecule has 6 heavy (non-hydrogen) atoms. The molecule has 0 aliphatic heterocycles. The first-order valence-electron chi connectivity index (χ1n) is 1.51. The van der Waals surface area contributed by atoms with Crippen LogP contribution >= 0.6 is 11.8 Å². The van der Waals surface area contributed by atoms with Gasteiger partial charge in [0.1, 0.15) is 0 Å². The molecular formula is C3H6ClNO. The number of rotatable bonds is 0. The molecule has 0 rings (SSSR count). The molecule has 0 radical (unpaired) electrons. The van der Waals surface area contributed by atoms with Crippen LogP contribution in [-0.2, 0) is 4.74 Å². The molecule has 0 atom stereocenters. The summed E-state index contributed by atoms with van der Waals surface area (Å²) in [7, 11) is 1.52. The molecule has 0 amide bonds. The van der Waals surface area contributed by atoms with Gasteiger partial charge >= 0.3 is 0 Å². The molecule has 0 fully saturated rings. The van der Waals surface area contributed by atoms with E-state index in [1.54, 1.807) is 6.92 Å². The maximum atomic E-state index is 4.92. The lowest BCUT2D eigenvalue weighted by atomic mass is 10.8. The second-order valence-electron chi connectivity index (χ2n) is 0.808. The molecule has 0 aliphatic rings. The number of ether oxygens (including phenoxy) is 1. The Morgan fingerprint density at radius 2 is 2.33 bits per heavy atom. The molecule has 0 aromatic rings. The summed E-state index contributed by atoms with van der Waals surface area (Å²) in [6.45, 7) is 1.67. The predicted molar refractivity (Wildman–Crippen MR) is 26.0 cm³/mol. The monoisotopic (exact) mass is 107 g/mol. The lowest BCUT2D eigenvalue weighted by Crippen LogP contribution is -1.89. The fraction of sp³-hybridized carbons (Fsp3) is 0.667. The van der Waals surface area contributed by atoms with Crippen LogP contribution in [0.2, 0.25) is 0 Å². The molecule has 0 heterocycles. The van der Waals surface area contributed by atoms with E-state index >= 15 is 0 Å². The van der Waals surface area contributed by atoms with Crippen molar-refractivity contribution in [3.8, 4) is 0 Å². The molecule has 0 saturated carbocycles. The van der Waals surface area contributed by atoms with Gasteiger partial charge in [-0.25, -0.2) is 0 Å². The van der Waals surface area contributed by atoms with Gasteiger partial charge in [0.2, 0.25) is 0 Å². The molecule has 0 aromatic heterocycles. The van der Waals surface area contributed by atoms with Crippen LogP contribution < -0.4 is 0 Å². The van der Waals surface area contributed by atoms with Gasteiger partial charge in [-0.05, 0) is 0 Å². The molecule has 0 N–H and O–H groups in total. The Balaban J connectivity index is 3.22. The Morgan fingerprint density at radius 1 is 1.83 bits per heavy atom. The van der Waals surface area contributed by atoms with Crippen molar-refractivity contribution in [2.75, 3.05) is 7.11 Å². The van der Waals surface area contributed by atoms with Crippen LogP contribution in [0.3, 0.4) is 0 Å². The highest BCUT2D eigenvalue weighted by atomic mass is 35.5. The highest BCUT2D eigenvalue weighted by Gasteiger charge is 1.76. The van der Waals surface area contributed by atoms with Crippen molar-refractivity contribution in [1.82, 2.24) is 0 Å². The standard InChI is InChI=1S/C3H6ClNO/c1-3(5-4)6-2/h1-2H3/b5-3+. The molecule has 36 valence electrons. The summed E-state index contributed by atoms with van der Waals surface area (Å²) in [5, 5.41) is 0. The van der Waals surface area contributed by atoms with Crippen LogP contribution in [0.25, 0.3) is 0 Å². The zero-order valence-corrected chi connectivity index (χ0v) is 4.49. The number of nitrogens with zero attached hydrogens (tertiary/aromatic N) is 1. The third-order valence-electron chi connectivity index (χ3n) is 0.414. The van der Waals surface area contributed by atoms with Crippen LogP contribution in [0, 0.1) is 0 Å². The van der Waals surface area contributed by atoms with Gasteiger partial charge in [-0.1, -0.05) is 0 Å². The maximum Gasteiger partial charge on any atom is 0.197 e. The van der Waals surface area contributed by atoms with Crippen LogP contribution in [0.15, 0.2) is 4.51 Å². The van der Waals surface area contributed by atoms with Crippen molar-refractivity contribution >= 4 is 17.7 Å². The van der Waals surface area contributed by atoms with E-state index in [1.807, 2.05) is 0 Å². The topological polar surface area (TPSA) is 21.6 Å². The Bertz CT molecular complexity index is 61.8. The quantitative estimate of drug-likeness (QED) is 0.337. The summed E-state index contributed by atoms with van der Waals surface area (Å²) >= 11 is 4.92. The van der Waals surface area contributed by atoms with Crippen molar-refractivity contribution in [3.63, 3.8) is 0 Å². The van der Waals surface area contributed by atoms with Gasteiger partial charge in [-0.2, -0.15) is 0 Å². The van der Waals surface area contributed by atoms with Crippen LogP contribution in [0.1, 0.15) is 6.92 Å². The molecule has 0 aliphatic carbocycles. The lowest BCUT2D eigenvalue weighted by Gasteiger charge is -1.88. The van der Waals surface area contributed by atoms with Crippen LogP contribution in [0.5, 0.6) is 0 Å². The van der Waals surface area contributed by atoms with E-state index in [4.69, 9.17) is 11.8 Å². The third-order valence-corrected chi connectivity index (χ3v) is 0.652. The van der Waals surface area contributed by atoms with E-state index in [0.717, 1.165) is 0 Å². The number of methoxy groups -OCH3 is 1. The minimum Gasteiger partial charge on any atom is -0.484 e. The summed E-state index contributed by atoms with van der Waals surface area (Å²) in [6.07, 6.45) is 0. The summed E-state index contributed by atoms with van der Waals surface area (Å²) in [5.74, 6) is 0.483. The first kappa shape index (κ1) is 5.76. The first-order valence-corrected chi connectivity index (χ1v) is 1.84. The molecule has 0 spiro atoms. The molecule has 2 nitrogen and oxygen atoms in total. The fourth-order valence-corrected chi connectivity index (χ4v) is 0.104. The SMILES string of the molecule is CO/C(C)=N/Cl. The number of hydrogen-bond acceptors (Lipinski definition) is 2.